The van der Waals surface area contributed by atoms with Crippen LogP contribution in [-0.4, -0.2) is 43.6 Å². The van der Waals surface area contributed by atoms with Crippen LogP contribution in [0, 0.1) is 0 Å². The van der Waals surface area contributed by atoms with Gasteiger partial charge in [-0.2, -0.15) is 0 Å². The largest absolute Gasteiger partial charge is 0.390 e. The van der Waals surface area contributed by atoms with Crippen molar-refractivity contribution in [3.05, 3.63) is 24.4 Å². The van der Waals surface area contributed by atoms with Crippen LogP contribution >= 0.6 is 0 Å². The molecular formula is C10H15NO4S. The Balaban J connectivity index is 2.66. The standard InChI is InChI=1S/C10H15NO4S/c1-2-15-7-9(12)8-16(13,14)10-5-3-4-6-11-10/h3-6,9,12H,2,7-8H2,1H3/t9-/m1/s1. The third-order valence-electron chi connectivity index (χ3n) is 1.88. The van der Waals surface area contributed by atoms with E-state index < -0.39 is 15.9 Å². The van der Waals surface area contributed by atoms with Gasteiger partial charge in [0.25, 0.3) is 0 Å². The van der Waals surface area contributed by atoms with Gasteiger partial charge in [-0.3, -0.25) is 0 Å². The van der Waals surface area contributed by atoms with Crippen molar-refractivity contribution in [2.45, 2.75) is 18.1 Å². The summed E-state index contributed by atoms with van der Waals surface area (Å²) < 4.78 is 28.4. The number of rotatable bonds is 6. The van der Waals surface area contributed by atoms with Crippen LogP contribution in [0.4, 0.5) is 0 Å². The highest BCUT2D eigenvalue weighted by molar-refractivity contribution is 7.91. The van der Waals surface area contributed by atoms with Crippen molar-refractivity contribution in [2.24, 2.45) is 0 Å². The summed E-state index contributed by atoms with van der Waals surface area (Å²) in [5.74, 6) is -0.371. The molecule has 0 bridgehead atoms. The van der Waals surface area contributed by atoms with Gasteiger partial charge in [0, 0.05) is 12.8 Å². The Hall–Kier alpha value is -0.980. The van der Waals surface area contributed by atoms with E-state index in [1.54, 1.807) is 19.1 Å². The summed E-state index contributed by atoms with van der Waals surface area (Å²) in [4.78, 5) is 3.74. The van der Waals surface area contributed by atoms with E-state index in [-0.39, 0.29) is 17.4 Å². The molecule has 1 N–H and O–H groups in total. The molecular weight excluding hydrogens is 230 g/mol. The van der Waals surface area contributed by atoms with Crippen molar-refractivity contribution >= 4 is 9.84 Å². The third kappa shape index (κ3) is 3.88. The molecule has 0 radical (unpaired) electrons. The summed E-state index contributed by atoms with van der Waals surface area (Å²) in [6.07, 6.45) is 0.383. The number of hydrogen-bond donors (Lipinski definition) is 1. The van der Waals surface area contributed by atoms with Crippen molar-refractivity contribution in [1.29, 1.82) is 0 Å². The van der Waals surface area contributed by atoms with Crippen molar-refractivity contribution < 1.29 is 18.3 Å². The van der Waals surface area contributed by atoms with E-state index >= 15 is 0 Å². The summed E-state index contributed by atoms with van der Waals surface area (Å²) in [5, 5.41) is 9.42. The Morgan fingerprint density at radius 2 is 2.25 bits per heavy atom. The molecule has 0 aliphatic carbocycles. The van der Waals surface area contributed by atoms with Crippen molar-refractivity contribution in [2.75, 3.05) is 19.0 Å². The zero-order valence-electron chi connectivity index (χ0n) is 9.04. The Labute approximate surface area is 95.0 Å². The van der Waals surface area contributed by atoms with E-state index in [0.29, 0.717) is 6.61 Å². The molecule has 1 aromatic heterocycles. The lowest BCUT2D eigenvalue weighted by atomic mass is 10.4. The number of aliphatic hydroxyl groups is 1. The lowest BCUT2D eigenvalue weighted by Gasteiger charge is -2.10. The van der Waals surface area contributed by atoms with Gasteiger partial charge in [0.15, 0.2) is 14.9 Å². The second-order valence-electron chi connectivity index (χ2n) is 3.26. The van der Waals surface area contributed by atoms with Gasteiger partial charge >= 0.3 is 0 Å². The predicted molar refractivity (Wildman–Crippen MR) is 58.8 cm³/mol. The molecule has 0 aromatic carbocycles. The third-order valence-corrected chi connectivity index (χ3v) is 3.58. The number of aliphatic hydroxyl groups excluding tert-OH is 1. The fraction of sp³-hybridized carbons (Fsp3) is 0.500. The van der Waals surface area contributed by atoms with E-state index in [0.717, 1.165) is 0 Å². The van der Waals surface area contributed by atoms with Gasteiger partial charge in [0.2, 0.25) is 0 Å². The first-order chi connectivity index (χ1) is 7.56. The molecule has 0 aliphatic rings. The number of ether oxygens (including phenoxy) is 1. The lowest BCUT2D eigenvalue weighted by Crippen LogP contribution is -2.26. The van der Waals surface area contributed by atoms with Crippen molar-refractivity contribution in [3.63, 3.8) is 0 Å². The lowest BCUT2D eigenvalue weighted by molar-refractivity contribution is 0.0542. The first-order valence-corrected chi connectivity index (χ1v) is 6.61. The zero-order valence-corrected chi connectivity index (χ0v) is 9.85. The summed E-state index contributed by atoms with van der Waals surface area (Å²) in [7, 11) is -3.53. The molecule has 1 aromatic rings. The number of sulfone groups is 1. The average molecular weight is 245 g/mol. The van der Waals surface area contributed by atoms with Crippen LogP contribution in [0.5, 0.6) is 0 Å². The minimum Gasteiger partial charge on any atom is -0.390 e. The minimum absolute atomic E-state index is 0.0164. The van der Waals surface area contributed by atoms with Gasteiger partial charge in [-0.05, 0) is 19.1 Å². The molecule has 0 unspecified atom stereocenters. The summed E-state index contributed by atoms with van der Waals surface area (Å²) >= 11 is 0. The topological polar surface area (TPSA) is 76.5 Å². The molecule has 1 atom stereocenters. The normalized spacial score (nSPS) is 13.6. The van der Waals surface area contributed by atoms with Crippen LogP contribution < -0.4 is 0 Å². The minimum atomic E-state index is -3.53. The molecule has 0 amide bonds. The fourth-order valence-electron chi connectivity index (χ4n) is 1.17. The Morgan fingerprint density at radius 3 is 2.81 bits per heavy atom. The number of nitrogens with zero attached hydrogens (tertiary/aromatic N) is 1. The van der Waals surface area contributed by atoms with Crippen molar-refractivity contribution in [1.82, 2.24) is 4.98 Å². The molecule has 0 saturated carbocycles. The van der Waals surface area contributed by atoms with Gasteiger partial charge in [-0.15, -0.1) is 0 Å². The molecule has 0 spiro atoms. The van der Waals surface area contributed by atoms with E-state index in [1.807, 2.05) is 0 Å². The molecule has 6 heteroatoms. The highest BCUT2D eigenvalue weighted by atomic mass is 32.2. The smallest absolute Gasteiger partial charge is 0.198 e. The molecule has 1 rings (SSSR count). The first-order valence-electron chi connectivity index (χ1n) is 4.96. The van der Waals surface area contributed by atoms with Gasteiger partial charge < -0.3 is 9.84 Å². The second kappa shape index (κ2) is 5.93. The van der Waals surface area contributed by atoms with Crippen LogP contribution in [0.3, 0.4) is 0 Å². The van der Waals surface area contributed by atoms with Crippen LogP contribution in [0.25, 0.3) is 0 Å². The van der Waals surface area contributed by atoms with E-state index in [4.69, 9.17) is 4.74 Å². The number of hydrogen-bond acceptors (Lipinski definition) is 5. The van der Waals surface area contributed by atoms with E-state index in [9.17, 15) is 13.5 Å². The van der Waals surface area contributed by atoms with Gasteiger partial charge in [0.05, 0.1) is 18.5 Å². The quantitative estimate of drug-likeness (QED) is 0.777. The first kappa shape index (κ1) is 13.1. The van der Waals surface area contributed by atoms with E-state index in [1.165, 1.54) is 12.3 Å². The molecule has 0 aliphatic heterocycles. The highest BCUT2D eigenvalue weighted by Crippen LogP contribution is 2.08. The van der Waals surface area contributed by atoms with Crippen LogP contribution in [-0.2, 0) is 14.6 Å². The zero-order chi connectivity index (χ0) is 12.0. The summed E-state index contributed by atoms with van der Waals surface area (Å²) in [5.41, 5.74) is 0. The summed E-state index contributed by atoms with van der Waals surface area (Å²) in [6, 6.07) is 4.63. The average Bonchev–Trinajstić information content (AvgIpc) is 2.27. The fourth-order valence-corrected chi connectivity index (χ4v) is 2.45. The SMILES string of the molecule is CCOC[C@@H](O)CS(=O)(=O)c1ccccn1. The monoisotopic (exact) mass is 245 g/mol. The maximum atomic E-state index is 11.7. The number of aromatic nitrogens is 1. The highest BCUT2D eigenvalue weighted by Gasteiger charge is 2.20. The molecule has 5 nitrogen and oxygen atoms in total. The maximum absolute atomic E-state index is 11.7. The predicted octanol–water partition coefficient (Wildman–Crippen LogP) is 0.253. The number of pyridine rings is 1. The van der Waals surface area contributed by atoms with E-state index in [2.05, 4.69) is 4.98 Å². The van der Waals surface area contributed by atoms with Gasteiger partial charge in [-0.25, -0.2) is 13.4 Å². The second-order valence-corrected chi connectivity index (χ2v) is 5.24. The van der Waals surface area contributed by atoms with Crippen LogP contribution in [0.2, 0.25) is 0 Å². The molecule has 0 fully saturated rings. The Morgan fingerprint density at radius 1 is 1.50 bits per heavy atom. The van der Waals surface area contributed by atoms with Crippen molar-refractivity contribution in [3.8, 4) is 0 Å². The Bertz CT molecular complexity index is 404. The molecule has 90 valence electrons. The summed E-state index contributed by atoms with van der Waals surface area (Å²) in [6.45, 7) is 2.24. The molecule has 16 heavy (non-hydrogen) atoms. The van der Waals surface area contributed by atoms with Crippen LogP contribution in [0.1, 0.15) is 6.92 Å². The van der Waals surface area contributed by atoms with Gasteiger partial charge in [-0.1, -0.05) is 6.07 Å². The maximum Gasteiger partial charge on any atom is 0.198 e. The molecule has 0 saturated heterocycles. The van der Waals surface area contributed by atoms with Crippen LogP contribution in [0.15, 0.2) is 29.4 Å². The molecule has 1 heterocycles. The Kier molecular flexibility index (Phi) is 4.85. The van der Waals surface area contributed by atoms with Gasteiger partial charge in [0.1, 0.15) is 0 Å².